The number of hydrogen-bond donors (Lipinski definition) is 1. The lowest BCUT2D eigenvalue weighted by atomic mass is 9.68. The van der Waals surface area contributed by atoms with E-state index in [0.717, 1.165) is 17.4 Å². The molecule has 0 spiro atoms. The van der Waals surface area contributed by atoms with Crippen LogP contribution in [0.3, 0.4) is 0 Å². The summed E-state index contributed by atoms with van der Waals surface area (Å²) in [5, 5.41) is 8.71. The molecule has 0 atom stereocenters. The van der Waals surface area contributed by atoms with Gasteiger partial charge in [-0.1, -0.05) is 18.2 Å². The largest absolute Gasteiger partial charge is 0.481 e. The number of halogens is 2. The molecule has 3 rings (SSSR count). The highest BCUT2D eigenvalue weighted by Crippen LogP contribution is 2.44. The predicted octanol–water partition coefficient (Wildman–Crippen LogP) is 6.70. The SMILES string of the molecule is O=C(O)CC=C[C@H]1CC[C@H]([C@H]2CC[C@H](c3ccc(Br)c(F)c3)CC2)CC1. The van der Waals surface area contributed by atoms with Crippen molar-refractivity contribution in [1.82, 2.24) is 0 Å². The molecule has 0 unspecified atom stereocenters. The maximum absolute atomic E-state index is 13.8. The van der Waals surface area contributed by atoms with E-state index in [1.165, 1.54) is 51.4 Å². The first-order valence-electron chi connectivity index (χ1n) is 9.86. The lowest BCUT2D eigenvalue weighted by molar-refractivity contribution is -0.136. The van der Waals surface area contributed by atoms with Gasteiger partial charge in [-0.05, 0) is 109 Å². The molecule has 2 nitrogen and oxygen atoms in total. The van der Waals surface area contributed by atoms with Crippen LogP contribution in [0, 0.1) is 23.6 Å². The van der Waals surface area contributed by atoms with E-state index >= 15 is 0 Å². The molecular formula is C22H28BrFO2. The zero-order valence-corrected chi connectivity index (χ0v) is 16.8. The molecule has 1 N–H and O–H groups in total. The molecule has 142 valence electrons. The maximum atomic E-state index is 13.8. The van der Waals surface area contributed by atoms with E-state index < -0.39 is 5.97 Å². The third kappa shape index (κ3) is 5.18. The Kier molecular flexibility index (Phi) is 6.91. The Labute approximate surface area is 164 Å². The fourth-order valence-electron chi connectivity index (χ4n) is 4.86. The second-order valence-corrected chi connectivity index (χ2v) is 8.84. The summed E-state index contributed by atoms with van der Waals surface area (Å²) in [7, 11) is 0. The van der Waals surface area contributed by atoms with Crippen molar-refractivity contribution in [3.8, 4) is 0 Å². The smallest absolute Gasteiger partial charge is 0.307 e. The molecule has 0 aliphatic heterocycles. The van der Waals surface area contributed by atoms with Crippen molar-refractivity contribution in [3.05, 3.63) is 46.2 Å². The maximum Gasteiger partial charge on any atom is 0.307 e. The Morgan fingerprint density at radius 2 is 1.69 bits per heavy atom. The Morgan fingerprint density at radius 3 is 2.27 bits per heavy atom. The van der Waals surface area contributed by atoms with Gasteiger partial charge in [-0.3, -0.25) is 4.79 Å². The van der Waals surface area contributed by atoms with Crippen LogP contribution >= 0.6 is 15.9 Å². The Morgan fingerprint density at radius 1 is 1.08 bits per heavy atom. The molecule has 4 heteroatoms. The first-order chi connectivity index (χ1) is 12.5. The van der Waals surface area contributed by atoms with Gasteiger partial charge in [0.25, 0.3) is 0 Å². The van der Waals surface area contributed by atoms with Crippen LogP contribution in [0.4, 0.5) is 4.39 Å². The van der Waals surface area contributed by atoms with Crippen LogP contribution in [0.1, 0.15) is 69.3 Å². The number of benzene rings is 1. The molecule has 0 saturated heterocycles. The zero-order chi connectivity index (χ0) is 18.5. The molecule has 0 amide bonds. The van der Waals surface area contributed by atoms with Crippen LogP contribution in [0.25, 0.3) is 0 Å². The molecule has 0 radical (unpaired) electrons. The molecule has 1 aromatic carbocycles. The van der Waals surface area contributed by atoms with Crippen LogP contribution in [0.2, 0.25) is 0 Å². The van der Waals surface area contributed by atoms with E-state index in [1.807, 2.05) is 12.1 Å². The van der Waals surface area contributed by atoms with Gasteiger partial charge in [0.1, 0.15) is 5.82 Å². The average molecular weight is 423 g/mol. The van der Waals surface area contributed by atoms with E-state index in [9.17, 15) is 9.18 Å². The molecule has 2 fully saturated rings. The Hall–Kier alpha value is -1.16. The molecule has 2 aliphatic rings. The van der Waals surface area contributed by atoms with E-state index in [1.54, 1.807) is 6.07 Å². The number of carboxylic acids is 1. The molecule has 2 saturated carbocycles. The first kappa shape index (κ1) is 19.6. The summed E-state index contributed by atoms with van der Waals surface area (Å²) in [6, 6.07) is 5.59. The average Bonchev–Trinajstić information content (AvgIpc) is 2.64. The summed E-state index contributed by atoms with van der Waals surface area (Å²) in [4.78, 5) is 10.6. The second kappa shape index (κ2) is 9.16. The van der Waals surface area contributed by atoms with Gasteiger partial charge in [0.15, 0.2) is 0 Å². The third-order valence-electron chi connectivity index (χ3n) is 6.37. The zero-order valence-electron chi connectivity index (χ0n) is 15.2. The van der Waals surface area contributed by atoms with Crippen molar-refractivity contribution in [3.63, 3.8) is 0 Å². The van der Waals surface area contributed by atoms with Crippen LogP contribution in [0.15, 0.2) is 34.8 Å². The standard InChI is InChI=1S/C22H28BrFO2/c23-20-13-12-19(14-21(20)24)18-10-8-17(9-11-18)16-6-4-15(5-7-16)2-1-3-22(25)26/h1-2,12-18H,3-11H2,(H,25,26)/t15-,16-,17-,18-. The normalized spacial score (nSPS) is 29.8. The second-order valence-electron chi connectivity index (χ2n) is 7.99. The molecule has 1 aromatic rings. The van der Waals surface area contributed by atoms with Gasteiger partial charge >= 0.3 is 5.97 Å². The van der Waals surface area contributed by atoms with Crippen molar-refractivity contribution in [1.29, 1.82) is 0 Å². The lowest BCUT2D eigenvalue weighted by Gasteiger charge is -2.37. The van der Waals surface area contributed by atoms with Gasteiger partial charge in [0.2, 0.25) is 0 Å². The first-order valence-corrected chi connectivity index (χ1v) is 10.7. The number of rotatable bonds is 5. The quantitative estimate of drug-likeness (QED) is 0.535. The lowest BCUT2D eigenvalue weighted by Crippen LogP contribution is -2.25. The summed E-state index contributed by atoms with van der Waals surface area (Å²) in [5.74, 6) is 1.80. The fourth-order valence-corrected chi connectivity index (χ4v) is 5.11. The van der Waals surface area contributed by atoms with E-state index in [0.29, 0.717) is 16.3 Å². The number of hydrogen-bond acceptors (Lipinski definition) is 1. The van der Waals surface area contributed by atoms with Gasteiger partial charge in [-0.25, -0.2) is 4.39 Å². The van der Waals surface area contributed by atoms with Crippen LogP contribution in [0.5, 0.6) is 0 Å². The van der Waals surface area contributed by atoms with Gasteiger partial charge in [-0.2, -0.15) is 0 Å². The van der Waals surface area contributed by atoms with Crippen LogP contribution in [-0.2, 0) is 4.79 Å². The molecular weight excluding hydrogens is 395 g/mol. The minimum atomic E-state index is -0.752. The Bertz CT molecular complexity index is 642. The summed E-state index contributed by atoms with van der Waals surface area (Å²) < 4.78 is 14.3. The minimum Gasteiger partial charge on any atom is -0.481 e. The highest BCUT2D eigenvalue weighted by Gasteiger charge is 2.30. The van der Waals surface area contributed by atoms with Gasteiger partial charge < -0.3 is 5.11 Å². The number of aliphatic carboxylic acids is 1. The van der Waals surface area contributed by atoms with Crippen molar-refractivity contribution in [2.45, 2.75) is 63.7 Å². The third-order valence-corrected chi connectivity index (χ3v) is 7.01. The van der Waals surface area contributed by atoms with Crippen LogP contribution < -0.4 is 0 Å². The Balaban J connectivity index is 1.45. The van der Waals surface area contributed by atoms with Gasteiger partial charge in [0.05, 0.1) is 10.9 Å². The van der Waals surface area contributed by atoms with E-state index in [4.69, 9.17) is 5.11 Å². The molecule has 0 aromatic heterocycles. The number of allylic oxidation sites excluding steroid dienone is 1. The van der Waals surface area contributed by atoms with Crippen molar-refractivity contribution < 1.29 is 14.3 Å². The highest BCUT2D eigenvalue weighted by molar-refractivity contribution is 9.10. The minimum absolute atomic E-state index is 0.139. The topological polar surface area (TPSA) is 37.3 Å². The summed E-state index contributed by atoms with van der Waals surface area (Å²) in [6.45, 7) is 0. The molecule has 0 bridgehead atoms. The number of carbonyl (C=O) groups is 1. The van der Waals surface area contributed by atoms with E-state index in [-0.39, 0.29) is 12.2 Å². The number of carboxylic acid groups (broad SMARTS) is 1. The van der Waals surface area contributed by atoms with Crippen molar-refractivity contribution in [2.24, 2.45) is 17.8 Å². The van der Waals surface area contributed by atoms with E-state index in [2.05, 4.69) is 28.1 Å². The monoisotopic (exact) mass is 422 g/mol. The predicted molar refractivity (Wildman–Crippen MR) is 106 cm³/mol. The summed E-state index contributed by atoms with van der Waals surface area (Å²) in [6.07, 6.45) is 13.8. The van der Waals surface area contributed by atoms with Crippen molar-refractivity contribution in [2.75, 3.05) is 0 Å². The summed E-state index contributed by atoms with van der Waals surface area (Å²) in [5.41, 5.74) is 1.15. The van der Waals surface area contributed by atoms with Gasteiger partial charge in [-0.15, -0.1) is 0 Å². The van der Waals surface area contributed by atoms with Crippen LogP contribution in [-0.4, -0.2) is 11.1 Å². The van der Waals surface area contributed by atoms with Gasteiger partial charge in [0, 0.05) is 0 Å². The molecule has 2 aliphatic carbocycles. The molecule has 0 heterocycles. The summed E-state index contributed by atoms with van der Waals surface area (Å²) >= 11 is 3.23. The highest BCUT2D eigenvalue weighted by atomic mass is 79.9. The molecule has 26 heavy (non-hydrogen) atoms. The fraction of sp³-hybridized carbons (Fsp3) is 0.591. The van der Waals surface area contributed by atoms with Crippen molar-refractivity contribution >= 4 is 21.9 Å².